The zero-order valence-corrected chi connectivity index (χ0v) is 9.44. The Morgan fingerprint density at radius 2 is 1.41 bits per heavy atom. The molecule has 88 valence electrons. The van der Waals surface area contributed by atoms with Crippen molar-refractivity contribution < 1.29 is 15.3 Å². The monoisotopic (exact) mass is 251 g/mol. The highest BCUT2D eigenvalue weighted by Gasteiger charge is 2.09. The van der Waals surface area contributed by atoms with Crippen LogP contribution in [0.2, 0.25) is 5.02 Å². The fourth-order valence-electron chi connectivity index (χ4n) is 1.39. The Balaban J connectivity index is 2.38. The van der Waals surface area contributed by atoms with Gasteiger partial charge in [-0.2, -0.15) is 0 Å². The van der Waals surface area contributed by atoms with Crippen LogP contribution in [-0.4, -0.2) is 15.3 Å². The molecule has 0 bridgehead atoms. The highest BCUT2D eigenvalue weighted by atomic mass is 35.5. The Kier molecular flexibility index (Phi) is 2.97. The van der Waals surface area contributed by atoms with E-state index in [-0.39, 0.29) is 28.0 Å². The van der Waals surface area contributed by atoms with Gasteiger partial charge in [0.1, 0.15) is 0 Å². The first kappa shape index (κ1) is 11.4. The number of rotatable bonds is 2. The molecule has 2 rings (SSSR count). The van der Waals surface area contributed by atoms with Gasteiger partial charge in [-0.1, -0.05) is 23.7 Å². The van der Waals surface area contributed by atoms with Gasteiger partial charge in [-0.25, -0.2) is 0 Å². The van der Waals surface area contributed by atoms with Crippen LogP contribution in [0.25, 0.3) is 0 Å². The second-order valence-electron chi connectivity index (χ2n) is 3.43. The van der Waals surface area contributed by atoms with E-state index in [4.69, 9.17) is 11.6 Å². The zero-order chi connectivity index (χ0) is 12.4. The van der Waals surface area contributed by atoms with Crippen molar-refractivity contribution in [3.63, 3.8) is 0 Å². The van der Waals surface area contributed by atoms with E-state index in [1.807, 2.05) is 0 Å². The summed E-state index contributed by atoms with van der Waals surface area (Å²) in [6.45, 7) is 0. The van der Waals surface area contributed by atoms with E-state index in [0.29, 0.717) is 5.69 Å². The molecule has 0 amide bonds. The highest BCUT2D eigenvalue weighted by molar-refractivity contribution is 6.32. The molecule has 17 heavy (non-hydrogen) atoms. The minimum Gasteiger partial charge on any atom is -0.504 e. The fraction of sp³-hybridized carbons (Fsp3) is 0. The molecule has 0 aliphatic rings. The minimum absolute atomic E-state index is 0.114. The molecule has 0 unspecified atom stereocenters. The van der Waals surface area contributed by atoms with Crippen molar-refractivity contribution in [3.05, 3.63) is 41.4 Å². The van der Waals surface area contributed by atoms with Gasteiger partial charge in [0.2, 0.25) is 0 Å². The fourth-order valence-corrected chi connectivity index (χ4v) is 1.57. The summed E-state index contributed by atoms with van der Waals surface area (Å²) in [5.74, 6) is -0.639. The van der Waals surface area contributed by atoms with Crippen molar-refractivity contribution in [2.24, 2.45) is 0 Å². The smallest absolute Gasteiger partial charge is 0.181 e. The van der Waals surface area contributed by atoms with Crippen LogP contribution in [0.3, 0.4) is 0 Å². The number of halogens is 1. The van der Waals surface area contributed by atoms with Gasteiger partial charge in [0, 0.05) is 0 Å². The summed E-state index contributed by atoms with van der Waals surface area (Å²) in [5, 5.41) is 31.6. The van der Waals surface area contributed by atoms with Gasteiger partial charge in [0.15, 0.2) is 17.2 Å². The van der Waals surface area contributed by atoms with Crippen molar-refractivity contribution in [2.75, 3.05) is 5.32 Å². The van der Waals surface area contributed by atoms with Gasteiger partial charge in [-0.15, -0.1) is 0 Å². The van der Waals surface area contributed by atoms with Crippen molar-refractivity contribution in [1.82, 2.24) is 0 Å². The summed E-state index contributed by atoms with van der Waals surface area (Å²) in [6.07, 6.45) is 0. The molecule has 0 heterocycles. The summed E-state index contributed by atoms with van der Waals surface area (Å²) >= 11 is 5.75. The van der Waals surface area contributed by atoms with Gasteiger partial charge >= 0.3 is 0 Å². The molecule has 0 fully saturated rings. The van der Waals surface area contributed by atoms with Crippen LogP contribution in [0, 0.1) is 0 Å². The van der Waals surface area contributed by atoms with Gasteiger partial charge in [0.25, 0.3) is 0 Å². The second kappa shape index (κ2) is 4.43. The van der Waals surface area contributed by atoms with Gasteiger partial charge < -0.3 is 20.6 Å². The summed E-state index contributed by atoms with van der Waals surface area (Å²) in [5.41, 5.74) is 0.626. The summed E-state index contributed by atoms with van der Waals surface area (Å²) in [4.78, 5) is 0. The molecule has 0 saturated heterocycles. The lowest BCUT2D eigenvalue weighted by atomic mass is 10.2. The lowest BCUT2D eigenvalue weighted by Gasteiger charge is -2.11. The van der Waals surface area contributed by atoms with E-state index in [1.165, 1.54) is 6.07 Å². The average molecular weight is 252 g/mol. The highest BCUT2D eigenvalue weighted by Crippen LogP contribution is 2.38. The number of phenolic OH excluding ortho intramolecular Hbond substituents is 3. The largest absolute Gasteiger partial charge is 0.504 e. The predicted molar refractivity (Wildman–Crippen MR) is 66.2 cm³/mol. The molecule has 0 aliphatic carbocycles. The Labute approximate surface area is 103 Å². The molecule has 0 aromatic heterocycles. The van der Waals surface area contributed by atoms with Gasteiger partial charge in [-0.05, 0) is 24.3 Å². The molecular formula is C12H10ClNO3. The van der Waals surface area contributed by atoms with Crippen molar-refractivity contribution >= 4 is 23.0 Å². The zero-order valence-electron chi connectivity index (χ0n) is 8.68. The van der Waals surface area contributed by atoms with Gasteiger partial charge in [-0.3, -0.25) is 0 Å². The number of phenols is 3. The second-order valence-corrected chi connectivity index (χ2v) is 3.84. The molecule has 2 aromatic carbocycles. The third-order valence-corrected chi connectivity index (χ3v) is 2.58. The quantitative estimate of drug-likeness (QED) is 0.619. The lowest BCUT2D eigenvalue weighted by Crippen LogP contribution is -1.91. The van der Waals surface area contributed by atoms with E-state index in [0.717, 1.165) is 0 Å². The van der Waals surface area contributed by atoms with Crippen LogP contribution in [0.1, 0.15) is 0 Å². The Hall–Kier alpha value is -2.07. The first-order valence-electron chi connectivity index (χ1n) is 4.85. The van der Waals surface area contributed by atoms with Gasteiger partial charge in [0.05, 0.1) is 16.4 Å². The Morgan fingerprint density at radius 1 is 0.824 bits per heavy atom. The average Bonchev–Trinajstić information content (AvgIpc) is 2.31. The van der Waals surface area contributed by atoms with Crippen LogP contribution in [0.15, 0.2) is 36.4 Å². The molecule has 4 nitrogen and oxygen atoms in total. The van der Waals surface area contributed by atoms with Crippen LogP contribution >= 0.6 is 11.6 Å². The van der Waals surface area contributed by atoms with Crippen molar-refractivity contribution in [3.8, 4) is 17.2 Å². The number of nitrogens with one attached hydrogen (secondary N) is 1. The number of anilines is 2. The van der Waals surface area contributed by atoms with E-state index in [1.54, 1.807) is 30.3 Å². The first-order valence-corrected chi connectivity index (χ1v) is 5.23. The number of hydrogen-bond donors (Lipinski definition) is 4. The van der Waals surface area contributed by atoms with Crippen molar-refractivity contribution in [2.45, 2.75) is 0 Å². The molecule has 0 spiro atoms. The van der Waals surface area contributed by atoms with Crippen LogP contribution in [0.5, 0.6) is 17.2 Å². The van der Waals surface area contributed by atoms with E-state index in [9.17, 15) is 15.3 Å². The minimum atomic E-state index is -0.285. The third-order valence-electron chi connectivity index (χ3n) is 2.27. The number of hydrogen-bond acceptors (Lipinski definition) is 4. The number of aromatic hydroxyl groups is 3. The molecule has 5 heteroatoms. The maximum Gasteiger partial charge on any atom is 0.181 e. The van der Waals surface area contributed by atoms with Crippen LogP contribution < -0.4 is 5.32 Å². The maximum atomic E-state index is 9.68. The molecule has 2 aromatic rings. The third kappa shape index (κ3) is 2.21. The first-order chi connectivity index (χ1) is 8.09. The number of benzene rings is 2. The molecule has 0 aliphatic heterocycles. The van der Waals surface area contributed by atoms with E-state index >= 15 is 0 Å². The Morgan fingerprint density at radius 3 is 2.12 bits per heavy atom. The van der Waals surface area contributed by atoms with Crippen LogP contribution in [0.4, 0.5) is 11.4 Å². The lowest BCUT2D eigenvalue weighted by molar-refractivity contribution is 0.405. The summed E-state index contributed by atoms with van der Waals surface area (Å²) < 4.78 is 0. The molecule has 4 N–H and O–H groups in total. The molecule has 0 atom stereocenters. The Bertz CT molecular complexity index is 508. The normalized spacial score (nSPS) is 10.2. The molecule has 0 saturated carbocycles. The SMILES string of the molecule is Oc1cccc(Nc2cccc(Cl)c2O)c1O. The maximum absolute atomic E-state index is 9.68. The van der Waals surface area contributed by atoms with E-state index < -0.39 is 0 Å². The summed E-state index contributed by atoms with van der Waals surface area (Å²) in [6, 6.07) is 9.30. The summed E-state index contributed by atoms with van der Waals surface area (Å²) in [7, 11) is 0. The number of para-hydroxylation sites is 2. The van der Waals surface area contributed by atoms with Crippen molar-refractivity contribution in [1.29, 1.82) is 0 Å². The van der Waals surface area contributed by atoms with Crippen LogP contribution in [-0.2, 0) is 0 Å². The topological polar surface area (TPSA) is 72.7 Å². The molecule has 0 radical (unpaired) electrons. The standard InChI is InChI=1S/C12H10ClNO3/c13-7-3-1-4-8(11(7)16)14-9-5-2-6-10(15)12(9)17/h1-6,14-17H. The predicted octanol–water partition coefficient (Wildman–Crippen LogP) is 3.20. The van der Waals surface area contributed by atoms with E-state index in [2.05, 4.69) is 5.32 Å². The molecular weight excluding hydrogens is 242 g/mol.